The van der Waals surface area contributed by atoms with Crippen LogP contribution in [0.5, 0.6) is 5.75 Å². The number of ether oxygens (including phenoxy) is 1. The number of sulfonamides is 1. The van der Waals surface area contributed by atoms with Gasteiger partial charge in [0, 0.05) is 26.2 Å². The second-order valence-electron chi connectivity index (χ2n) is 6.96. The maximum Gasteiger partial charge on any atom is 0.238 e. The summed E-state index contributed by atoms with van der Waals surface area (Å²) < 4.78 is 41.3. The van der Waals surface area contributed by atoms with Crippen molar-refractivity contribution in [3.63, 3.8) is 0 Å². The maximum absolute atomic E-state index is 13.0. The molecule has 8 heteroatoms. The summed E-state index contributed by atoms with van der Waals surface area (Å²) in [6.45, 7) is 6.11. The fourth-order valence-electron chi connectivity index (χ4n) is 3.27. The first-order valence-corrected chi connectivity index (χ1v) is 10.9. The van der Waals surface area contributed by atoms with Crippen molar-refractivity contribution in [2.24, 2.45) is 5.14 Å². The molecule has 0 unspecified atom stereocenters. The number of hydrogen-bond acceptors (Lipinski definition) is 5. The Kier molecular flexibility index (Phi) is 7.01. The van der Waals surface area contributed by atoms with E-state index >= 15 is 0 Å². The number of hydrogen-bond donors (Lipinski definition) is 1. The van der Waals surface area contributed by atoms with Crippen LogP contribution in [0.2, 0.25) is 0 Å². The lowest BCUT2D eigenvalue weighted by Gasteiger charge is -2.22. The van der Waals surface area contributed by atoms with E-state index < -0.39 is 10.0 Å². The molecule has 3 rings (SSSR count). The Labute approximate surface area is 165 Å². The molecule has 0 aromatic heterocycles. The predicted molar refractivity (Wildman–Crippen MR) is 106 cm³/mol. The Morgan fingerprint density at radius 2 is 1.57 bits per heavy atom. The third-order valence-corrected chi connectivity index (χ3v) is 5.76. The second-order valence-corrected chi connectivity index (χ2v) is 8.52. The number of nitrogens with two attached hydrogens (primary N) is 1. The van der Waals surface area contributed by atoms with Gasteiger partial charge in [0.2, 0.25) is 10.0 Å². The van der Waals surface area contributed by atoms with Gasteiger partial charge in [0.05, 0.1) is 4.90 Å². The number of benzene rings is 2. The molecule has 2 aromatic rings. The molecule has 0 amide bonds. The lowest BCUT2D eigenvalue weighted by atomic mass is 10.2. The van der Waals surface area contributed by atoms with Crippen molar-refractivity contribution < 1.29 is 17.5 Å². The molecule has 0 saturated carbocycles. The average Bonchev–Trinajstić information content (AvgIpc) is 2.89. The summed E-state index contributed by atoms with van der Waals surface area (Å²) >= 11 is 0. The fraction of sp³-hybridized carbons (Fsp3) is 0.400. The molecule has 0 aliphatic carbocycles. The highest BCUT2D eigenvalue weighted by Gasteiger charge is 2.15. The molecule has 0 bridgehead atoms. The van der Waals surface area contributed by atoms with Crippen LogP contribution in [0, 0.1) is 5.82 Å². The highest BCUT2D eigenvalue weighted by Crippen LogP contribution is 2.15. The summed E-state index contributed by atoms with van der Waals surface area (Å²) in [5.74, 6) is 0.422. The van der Waals surface area contributed by atoms with Gasteiger partial charge in [-0.25, -0.2) is 17.9 Å². The highest BCUT2D eigenvalue weighted by atomic mass is 32.2. The molecule has 1 heterocycles. The number of primary sulfonamides is 1. The van der Waals surface area contributed by atoms with E-state index in [2.05, 4.69) is 9.80 Å². The lowest BCUT2D eigenvalue weighted by molar-refractivity contribution is 0.207. The van der Waals surface area contributed by atoms with Crippen molar-refractivity contribution in [1.82, 2.24) is 9.80 Å². The Balaban J connectivity index is 1.41. The summed E-state index contributed by atoms with van der Waals surface area (Å²) in [4.78, 5) is 4.83. The normalized spacial score (nSPS) is 16.6. The minimum absolute atomic E-state index is 0.0774. The van der Waals surface area contributed by atoms with E-state index in [0.717, 1.165) is 51.3 Å². The molecule has 1 saturated heterocycles. The van der Waals surface area contributed by atoms with E-state index in [1.54, 1.807) is 12.1 Å². The van der Waals surface area contributed by atoms with Crippen molar-refractivity contribution >= 4 is 10.0 Å². The van der Waals surface area contributed by atoms with Crippen LogP contribution in [0.4, 0.5) is 4.39 Å². The Hall–Kier alpha value is -2.00. The first kappa shape index (κ1) is 20.7. The van der Waals surface area contributed by atoms with Gasteiger partial charge in [-0.1, -0.05) is 12.1 Å². The van der Waals surface area contributed by atoms with Crippen molar-refractivity contribution in [1.29, 1.82) is 0 Å². The summed E-state index contributed by atoms with van der Waals surface area (Å²) in [6, 6.07) is 12.8. The Bertz CT molecular complexity index is 857. The molecule has 6 nitrogen and oxygen atoms in total. The zero-order chi connectivity index (χ0) is 20.0. The van der Waals surface area contributed by atoms with Gasteiger partial charge >= 0.3 is 0 Å². The van der Waals surface area contributed by atoms with Gasteiger partial charge < -0.3 is 4.74 Å². The molecular weight excluding hydrogens is 381 g/mol. The fourth-order valence-corrected chi connectivity index (χ4v) is 3.79. The highest BCUT2D eigenvalue weighted by molar-refractivity contribution is 7.89. The molecule has 28 heavy (non-hydrogen) atoms. The van der Waals surface area contributed by atoms with Crippen molar-refractivity contribution in [3.8, 4) is 5.75 Å². The van der Waals surface area contributed by atoms with Crippen LogP contribution >= 0.6 is 0 Å². The molecule has 0 spiro atoms. The molecule has 0 radical (unpaired) electrons. The van der Waals surface area contributed by atoms with Crippen molar-refractivity contribution in [2.75, 3.05) is 39.3 Å². The first-order valence-electron chi connectivity index (χ1n) is 9.35. The molecule has 2 aromatic carbocycles. The summed E-state index contributed by atoms with van der Waals surface area (Å²) in [6.07, 6.45) is 1.07. The van der Waals surface area contributed by atoms with Gasteiger partial charge in [-0.15, -0.1) is 0 Å². The van der Waals surface area contributed by atoms with Crippen LogP contribution in [-0.4, -0.2) is 57.5 Å². The zero-order valence-corrected chi connectivity index (χ0v) is 16.6. The largest absolute Gasteiger partial charge is 0.492 e. The van der Waals surface area contributed by atoms with Gasteiger partial charge in [-0.3, -0.25) is 9.80 Å². The summed E-state index contributed by atoms with van der Waals surface area (Å²) in [5, 5.41) is 5.09. The predicted octanol–water partition coefficient (Wildman–Crippen LogP) is 2.06. The molecule has 1 fully saturated rings. The average molecular weight is 408 g/mol. The van der Waals surface area contributed by atoms with Crippen LogP contribution in [0.1, 0.15) is 12.0 Å². The molecule has 1 aliphatic heterocycles. The molecule has 152 valence electrons. The van der Waals surface area contributed by atoms with E-state index in [1.165, 1.54) is 24.3 Å². The summed E-state index contributed by atoms with van der Waals surface area (Å²) in [7, 11) is -3.68. The third kappa shape index (κ3) is 6.27. The Morgan fingerprint density at radius 1 is 0.929 bits per heavy atom. The molecule has 2 N–H and O–H groups in total. The van der Waals surface area contributed by atoms with Crippen LogP contribution in [0.25, 0.3) is 0 Å². The minimum atomic E-state index is -3.68. The number of halogens is 1. The number of nitrogens with zero attached hydrogens (tertiary/aromatic N) is 2. The van der Waals surface area contributed by atoms with Crippen LogP contribution in [0.15, 0.2) is 53.4 Å². The third-order valence-electron chi connectivity index (χ3n) is 4.83. The van der Waals surface area contributed by atoms with Gasteiger partial charge in [0.1, 0.15) is 18.2 Å². The molecular formula is C20H26FN3O3S. The molecule has 0 atom stereocenters. The van der Waals surface area contributed by atoms with Crippen LogP contribution in [-0.2, 0) is 16.6 Å². The lowest BCUT2D eigenvalue weighted by Crippen LogP contribution is -2.33. The SMILES string of the molecule is NS(=O)(=O)c1ccc(OCCN2CCCN(Cc3ccc(F)cc3)CC2)cc1. The van der Waals surface area contributed by atoms with Crippen LogP contribution in [0.3, 0.4) is 0 Å². The van der Waals surface area contributed by atoms with E-state index in [0.29, 0.717) is 12.4 Å². The van der Waals surface area contributed by atoms with E-state index in [4.69, 9.17) is 9.88 Å². The quantitative estimate of drug-likeness (QED) is 0.760. The zero-order valence-electron chi connectivity index (χ0n) is 15.8. The van der Waals surface area contributed by atoms with Crippen molar-refractivity contribution in [2.45, 2.75) is 17.9 Å². The number of rotatable bonds is 7. The maximum atomic E-state index is 13.0. The monoisotopic (exact) mass is 407 g/mol. The topological polar surface area (TPSA) is 75.9 Å². The van der Waals surface area contributed by atoms with Crippen molar-refractivity contribution in [3.05, 3.63) is 59.9 Å². The minimum Gasteiger partial charge on any atom is -0.492 e. The standard InChI is InChI=1S/C20H26FN3O3S/c21-18-4-2-17(3-5-18)16-24-11-1-10-23(12-13-24)14-15-27-19-6-8-20(9-7-19)28(22,25)26/h2-9H,1,10-16H2,(H2,22,25,26). The summed E-state index contributed by atoms with van der Waals surface area (Å²) in [5.41, 5.74) is 1.13. The van der Waals surface area contributed by atoms with Gasteiger partial charge in [0.15, 0.2) is 0 Å². The smallest absolute Gasteiger partial charge is 0.238 e. The van der Waals surface area contributed by atoms with Gasteiger partial charge in [-0.05, 0) is 61.5 Å². The molecule has 1 aliphatic rings. The second kappa shape index (κ2) is 9.47. The van der Waals surface area contributed by atoms with E-state index in [9.17, 15) is 12.8 Å². The first-order chi connectivity index (χ1) is 13.4. The van der Waals surface area contributed by atoms with E-state index in [-0.39, 0.29) is 10.7 Å². The van der Waals surface area contributed by atoms with Gasteiger partial charge in [0.25, 0.3) is 0 Å². The van der Waals surface area contributed by atoms with E-state index in [1.807, 2.05) is 12.1 Å². The van der Waals surface area contributed by atoms with Gasteiger partial charge in [-0.2, -0.15) is 0 Å². The van der Waals surface area contributed by atoms with Crippen LogP contribution < -0.4 is 9.88 Å². The Morgan fingerprint density at radius 3 is 2.25 bits per heavy atom.